The molecule has 14 heavy (non-hydrogen) atoms. The Morgan fingerprint density at radius 2 is 2.21 bits per heavy atom. The SMILES string of the molecule is C/C(C(N)=O)=C(\N)Nc1cnn(C)c1. The zero-order valence-corrected chi connectivity index (χ0v) is 8.11. The van der Waals surface area contributed by atoms with Gasteiger partial charge in [-0.25, -0.2) is 0 Å². The number of hydrogen-bond donors (Lipinski definition) is 3. The Morgan fingerprint density at radius 1 is 1.57 bits per heavy atom. The number of primary amides is 1. The molecule has 0 spiro atoms. The zero-order valence-electron chi connectivity index (χ0n) is 8.11. The smallest absolute Gasteiger partial charge is 0.247 e. The molecule has 0 aliphatic rings. The van der Waals surface area contributed by atoms with Gasteiger partial charge in [-0.15, -0.1) is 0 Å². The highest BCUT2D eigenvalue weighted by atomic mass is 16.1. The van der Waals surface area contributed by atoms with Crippen LogP contribution in [0.25, 0.3) is 0 Å². The summed E-state index contributed by atoms with van der Waals surface area (Å²) in [6, 6.07) is 0. The Balaban J connectivity index is 2.79. The van der Waals surface area contributed by atoms with Gasteiger partial charge in [-0.1, -0.05) is 0 Å². The third kappa shape index (κ3) is 2.25. The fraction of sp³-hybridized carbons (Fsp3) is 0.250. The molecule has 0 aromatic carbocycles. The van der Waals surface area contributed by atoms with Crippen LogP contribution in [0.5, 0.6) is 0 Å². The molecule has 0 aliphatic carbocycles. The number of hydrogen-bond acceptors (Lipinski definition) is 4. The van der Waals surface area contributed by atoms with Gasteiger partial charge in [0.1, 0.15) is 5.82 Å². The molecule has 0 saturated carbocycles. The van der Waals surface area contributed by atoms with E-state index in [-0.39, 0.29) is 5.82 Å². The van der Waals surface area contributed by atoms with Gasteiger partial charge in [-0.3, -0.25) is 9.48 Å². The maximum absolute atomic E-state index is 10.8. The van der Waals surface area contributed by atoms with Crippen molar-refractivity contribution in [1.29, 1.82) is 0 Å². The second-order valence-corrected chi connectivity index (χ2v) is 2.93. The average molecular weight is 195 g/mol. The molecule has 6 nitrogen and oxygen atoms in total. The highest BCUT2D eigenvalue weighted by Crippen LogP contribution is 2.07. The first-order valence-electron chi connectivity index (χ1n) is 4.02. The minimum Gasteiger partial charge on any atom is -0.385 e. The quantitative estimate of drug-likeness (QED) is 0.566. The number of nitrogens with two attached hydrogens (primary N) is 2. The number of carbonyl (C=O) groups excluding carboxylic acids is 1. The summed E-state index contributed by atoms with van der Waals surface area (Å²) >= 11 is 0. The first kappa shape index (κ1) is 10.1. The predicted molar refractivity (Wildman–Crippen MR) is 52.9 cm³/mol. The lowest BCUT2D eigenvalue weighted by Gasteiger charge is -2.05. The van der Waals surface area contributed by atoms with E-state index in [0.29, 0.717) is 11.3 Å². The summed E-state index contributed by atoms with van der Waals surface area (Å²) in [5.41, 5.74) is 11.7. The molecule has 1 aromatic rings. The maximum Gasteiger partial charge on any atom is 0.247 e. The first-order chi connectivity index (χ1) is 6.50. The summed E-state index contributed by atoms with van der Waals surface area (Å²) in [5.74, 6) is -0.301. The summed E-state index contributed by atoms with van der Waals surface area (Å²) in [6.07, 6.45) is 3.34. The third-order valence-electron chi connectivity index (χ3n) is 1.76. The van der Waals surface area contributed by atoms with Crippen LogP contribution in [0, 0.1) is 0 Å². The topological polar surface area (TPSA) is 99.0 Å². The molecule has 0 bridgehead atoms. The number of nitrogens with zero attached hydrogens (tertiary/aromatic N) is 2. The molecular weight excluding hydrogens is 182 g/mol. The lowest BCUT2D eigenvalue weighted by Crippen LogP contribution is -2.20. The molecule has 1 heterocycles. The van der Waals surface area contributed by atoms with E-state index in [1.807, 2.05) is 0 Å². The molecule has 0 unspecified atom stereocenters. The Labute approximate surface area is 81.6 Å². The fourth-order valence-corrected chi connectivity index (χ4v) is 0.868. The standard InChI is InChI=1S/C8H13N5O/c1-5(8(10)14)7(9)12-6-3-11-13(2)4-6/h3-4,12H,9H2,1-2H3,(H2,10,14)/b7-5-. The lowest BCUT2D eigenvalue weighted by molar-refractivity contribution is -0.114. The van der Waals surface area contributed by atoms with Crippen molar-refractivity contribution in [3.8, 4) is 0 Å². The van der Waals surface area contributed by atoms with Crippen LogP contribution < -0.4 is 16.8 Å². The van der Waals surface area contributed by atoms with Crippen molar-refractivity contribution in [2.24, 2.45) is 18.5 Å². The Morgan fingerprint density at radius 3 is 2.64 bits per heavy atom. The summed E-state index contributed by atoms with van der Waals surface area (Å²) in [4.78, 5) is 10.8. The molecule has 1 amide bonds. The van der Waals surface area contributed by atoms with E-state index in [0.717, 1.165) is 0 Å². The van der Waals surface area contributed by atoms with Gasteiger partial charge >= 0.3 is 0 Å². The molecule has 5 N–H and O–H groups in total. The highest BCUT2D eigenvalue weighted by Gasteiger charge is 2.04. The van der Waals surface area contributed by atoms with Crippen molar-refractivity contribution in [1.82, 2.24) is 9.78 Å². The molecule has 1 rings (SSSR count). The van der Waals surface area contributed by atoms with Crippen molar-refractivity contribution >= 4 is 11.6 Å². The largest absolute Gasteiger partial charge is 0.385 e. The number of carbonyl (C=O) groups is 1. The van der Waals surface area contributed by atoms with Crippen LogP contribution in [0.15, 0.2) is 23.8 Å². The van der Waals surface area contributed by atoms with Gasteiger partial charge in [-0.05, 0) is 6.92 Å². The number of rotatable bonds is 3. The number of anilines is 1. The molecule has 0 saturated heterocycles. The van der Waals surface area contributed by atoms with Gasteiger partial charge in [0.05, 0.1) is 17.5 Å². The van der Waals surface area contributed by atoms with Crippen molar-refractivity contribution in [3.05, 3.63) is 23.8 Å². The molecule has 1 aromatic heterocycles. The average Bonchev–Trinajstić information content (AvgIpc) is 2.49. The molecule has 0 fully saturated rings. The van der Waals surface area contributed by atoms with Crippen LogP contribution >= 0.6 is 0 Å². The monoisotopic (exact) mass is 195 g/mol. The fourth-order valence-electron chi connectivity index (χ4n) is 0.868. The zero-order chi connectivity index (χ0) is 10.7. The summed E-state index contributed by atoms with van der Waals surface area (Å²) in [7, 11) is 1.78. The highest BCUT2D eigenvalue weighted by molar-refractivity contribution is 5.92. The summed E-state index contributed by atoms with van der Waals surface area (Å²) in [5, 5.41) is 6.75. The lowest BCUT2D eigenvalue weighted by atomic mass is 10.3. The molecule has 0 radical (unpaired) electrons. The van der Waals surface area contributed by atoms with Gasteiger partial charge < -0.3 is 16.8 Å². The molecule has 6 heteroatoms. The molecule has 76 valence electrons. The van der Waals surface area contributed by atoms with Gasteiger partial charge in [0.15, 0.2) is 0 Å². The minimum absolute atomic E-state index is 0.241. The predicted octanol–water partition coefficient (Wildman–Crippen LogP) is -0.492. The number of aromatic nitrogens is 2. The van der Waals surface area contributed by atoms with Crippen molar-refractivity contribution in [3.63, 3.8) is 0 Å². The van der Waals surface area contributed by atoms with Crippen LogP contribution in [-0.4, -0.2) is 15.7 Å². The van der Waals surface area contributed by atoms with Crippen LogP contribution in [0.3, 0.4) is 0 Å². The Hall–Kier alpha value is -1.98. The van der Waals surface area contributed by atoms with Crippen LogP contribution in [-0.2, 0) is 11.8 Å². The normalized spacial score (nSPS) is 12.1. The van der Waals surface area contributed by atoms with E-state index < -0.39 is 5.91 Å². The second-order valence-electron chi connectivity index (χ2n) is 2.93. The van der Waals surface area contributed by atoms with E-state index >= 15 is 0 Å². The van der Waals surface area contributed by atoms with E-state index in [2.05, 4.69) is 10.4 Å². The van der Waals surface area contributed by atoms with Crippen molar-refractivity contribution < 1.29 is 4.79 Å². The number of amides is 1. The van der Waals surface area contributed by atoms with Crippen molar-refractivity contribution in [2.45, 2.75) is 6.92 Å². The van der Waals surface area contributed by atoms with E-state index in [1.165, 1.54) is 0 Å². The van der Waals surface area contributed by atoms with Gasteiger partial charge in [0.25, 0.3) is 0 Å². The maximum atomic E-state index is 10.8. The first-order valence-corrected chi connectivity index (χ1v) is 4.02. The van der Waals surface area contributed by atoms with E-state index in [9.17, 15) is 4.79 Å². The van der Waals surface area contributed by atoms with Crippen LogP contribution in [0.4, 0.5) is 5.69 Å². The van der Waals surface area contributed by atoms with Crippen LogP contribution in [0.1, 0.15) is 6.92 Å². The molecule has 0 atom stereocenters. The van der Waals surface area contributed by atoms with Gasteiger partial charge in [-0.2, -0.15) is 5.10 Å². The Kier molecular flexibility index (Phi) is 2.76. The van der Waals surface area contributed by atoms with Crippen molar-refractivity contribution in [2.75, 3.05) is 5.32 Å². The van der Waals surface area contributed by atoms with Gasteiger partial charge in [0.2, 0.25) is 5.91 Å². The second kappa shape index (κ2) is 3.82. The van der Waals surface area contributed by atoms with Gasteiger partial charge in [0, 0.05) is 13.2 Å². The summed E-state index contributed by atoms with van der Waals surface area (Å²) < 4.78 is 1.62. The summed E-state index contributed by atoms with van der Waals surface area (Å²) in [6.45, 7) is 1.56. The Bertz CT molecular complexity index is 379. The van der Waals surface area contributed by atoms with E-state index in [1.54, 1.807) is 31.0 Å². The van der Waals surface area contributed by atoms with E-state index in [4.69, 9.17) is 11.5 Å². The molecular formula is C8H13N5O. The number of aryl methyl sites for hydroxylation is 1. The van der Waals surface area contributed by atoms with Crippen LogP contribution in [0.2, 0.25) is 0 Å². The third-order valence-corrected chi connectivity index (χ3v) is 1.76. The number of nitrogens with one attached hydrogen (secondary N) is 1. The minimum atomic E-state index is -0.543. The molecule has 0 aliphatic heterocycles.